The molecule has 0 spiro atoms. The molecule has 2 aliphatic carbocycles. The zero-order valence-electron chi connectivity index (χ0n) is 37.9. The maximum atomic E-state index is 2.49. The van der Waals surface area contributed by atoms with Gasteiger partial charge in [0.05, 0.1) is 22.4 Å². The fourth-order valence-electron chi connectivity index (χ4n) is 11.9. The first kappa shape index (κ1) is 39.2. The van der Waals surface area contributed by atoms with Crippen molar-refractivity contribution >= 4 is 38.9 Å². The van der Waals surface area contributed by atoms with Gasteiger partial charge < -0.3 is 9.47 Å². The van der Waals surface area contributed by atoms with E-state index in [0.29, 0.717) is 0 Å². The summed E-state index contributed by atoms with van der Waals surface area (Å²) in [4.78, 5) is 2.49. The van der Waals surface area contributed by atoms with Gasteiger partial charge in [-0.3, -0.25) is 0 Å². The first-order valence-corrected chi connectivity index (χ1v) is 23.5. The van der Waals surface area contributed by atoms with E-state index >= 15 is 0 Å². The molecule has 2 heteroatoms. The molecule has 10 aromatic carbocycles. The lowest BCUT2D eigenvalue weighted by Crippen LogP contribution is -2.22. The van der Waals surface area contributed by atoms with E-state index in [1.165, 1.54) is 88.6 Å². The Labute approximate surface area is 392 Å². The van der Waals surface area contributed by atoms with Crippen molar-refractivity contribution < 1.29 is 0 Å². The molecular weight excluding hydrogens is 809 g/mol. The number of hydrogen-bond donors (Lipinski definition) is 0. The van der Waals surface area contributed by atoms with Gasteiger partial charge in [0.1, 0.15) is 0 Å². The molecule has 1 atom stereocenters. The zero-order valence-corrected chi connectivity index (χ0v) is 37.9. The second-order valence-corrected chi connectivity index (χ2v) is 19.0. The highest BCUT2D eigenvalue weighted by atomic mass is 15.1. The fraction of sp³-hybridized carbons (Fsp3) is 0.0769. The number of benzene rings is 10. The normalized spacial score (nSPS) is 15.3. The monoisotopic (exact) mass is 856 g/mol. The maximum absolute atomic E-state index is 2.49. The Hall–Kier alpha value is -8.20. The van der Waals surface area contributed by atoms with Crippen molar-refractivity contribution in [1.29, 1.82) is 0 Å². The van der Waals surface area contributed by atoms with E-state index in [4.69, 9.17) is 0 Å². The van der Waals surface area contributed by atoms with Crippen molar-refractivity contribution in [1.82, 2.24) is 4.57 Å². The Morgan fingerprint density at radius 3 is 1.64 bits per heavy atom. The molecule has 0 bridgehead atoms. The molecule has 0 saturated heterocycles. The first-order chi connectivity index (χ1) is 32.9. The minimum atomic E-state index is -0.287. The molecule has 0 aliphatic heterocycles. The average Bonchev–Trinajstić information content (AvgIpc) is 3.95. The Bertz CT molecular complexity index is 3690. The van der Waals surface area contributed by atoms with Crippen LogP contribution in [0.3, 0.4) is 0 Å². The van der Waals surface area contributed by atoms with Crippen LogP contribution in [-0.4, -0.2) is 4.57 Å². The number of rotatable bonds is 7. The van der Waals surface area contributed by atoms with E-state index in [2.05, 4.69) is 267 Å². The standard InChI is InChI=1S/C65H48N2/c1-64(2)55-29-13-8-27-53(55)63-52(28-19-31-58(63)64)51-26-12-16-33-60(51)66(46-40-41-57-54(42-46)48-23-7-14-30-56(48)65(57,3)44-20-5-4-6-21-44)45-38-36-43(37-39-45)47-22-9-15-32-59(47)67-61-34-17-10-24-49(61)50-25-11-18-35-62(50)67/h4-42H,1-3H3. The fourth-order valence-corrected chi connectivity index (χ4v) is 11.9. The van der Waals surface area contributed by atoms with E-state index in [9.17, 15) is 0 Å². The summed E-state index contributed by atoms with van der Waals surface area (Å²) in [5.41, 5.74) is 23.2. The van der Waals surface area contributed by atoms with E-state index in [1.54, 1.807) is 0 Å². The molecule has 1 heterocycles. The van der Waals surface area contributed by atoms with Crippen LogP contribution < -0.4 is 4.90 Å². The van der Waals surface area contributed by atoms with Gasteiger partial charge in [-0.25, -0.2) is 0 Å². The van der Waals surface area contributed by atoms with Crippen LogP contribution in [0.4, 0.5) is 17.1 Å². The van der Waals surface area contributed by atoms with Crippen molar-refractivity contribution in [3.8, 4) is 50.2 Å². The van der Waals surface area contributed by atoms with E-state index in [0.717, 1.165) is 28.3 Å². The Morgan fingerprint density at radius 2 is 0.896 bits per heavy atom. The van der Waals surface area contributed by atoms with Crippen molar-refractivity contribution in [2.24, 2.45) is 0 Å². The van der Waals surface area contributed by atoms with Crippen LogP contribution in [-0.2, 0) is 10.8 Å². The number of aromatic nitrogens is 1. The number of nitrogens with zero attached hydrogens (tertiary/aromatic N) is 2. The third kappa shape index (κ3) is 5.76. The summed E-state index contributed by atoms with van der Waals surface area (Å²) in [5, 5.41) is 2.52. The summed E-state index contributed by atoms with van der Waals surface area (Å²) in [7, 11) is 0. The minimum absolute atomic E-state index is 0.110. The smallest absolute Gasteiger partial charge is 0.0541 e. The predicted molar refractivity (Wildman–Crippen MR) is 281 cm³/mol. The quantitative estimate of drug-likeness (QED) is 0.155. The third-order valence-corrected chi connectivity index (χ3v) is 15.1. The van der Waals surface area contributed by atoms with Gasteiger partial charge >= 0.3 is 0 Å². The molecular formula is C65H48N2. The Kier molecular flexibility index (Phi) is 8.73. The second kappa shape index (κ2) is 14.9. The van der Waals surface area contributed by atoms with Crippen molar-refractivity contribution in [3.05, 3.63) is 264 Å². The third-order valence-electron chi connectivity index (χ3n) is 15.1. The van der Waals surface area contributed by atoms with E-state index in [-0.39, 0.29) is 10.8 Å². The van der Waals surface area contributed by atoms with Crippen LogP contribution in [0, 0.1) is 0 Å². The molecule has 2 aliphatic rings. The number of fused-ring (bicyclic) bond motifs is 9. The van der Waals surface area contributed by atoms with Gasteiger partial charge in [0.2, 0.25) is 0 Å². The molecule has 67 heavy (non-hydrogen) atoms. The van der Waals surface area contributed by atoms with Gasteiger partial charge in [0, 0.05) is 44.1 Å². The van der Waals surface area contributed by atoms with Crippen LogP contribution in [0.2, 0.25) is 0 Å². The topological polar surface area (TPSA) is 8.17 Å². The average molecular weight is 857 g/mol. The minimum Gasteiger partial charge on any atom is -0.310 e. The van der Waals surface area contributed by atoms with Crippen LogP contribution >= 0.6 is 0 Å². The van der Waals surface area contributed by atoms with Gasteiger partial charge in [-0.15, -0.1) is 0 Å². The maximum Gasteiger partial charge on any atom is 0.0541 e. The molecule has 0 fully saturated rings. The van der Waals surface area contributed by atoms with Gasteiger partial charge in [0.25, 0.3) is 0 Å². The summed E-state index contributed by atoms with van der Waals surface area (Å²) in [6, 6.07) is 87.7. The van der Waals surface area contributed by atoms with E-state index < -0.39 is 0 Å². The molecule has 1 unspecified atom stereocenters. The van der Waals surface area contributed by atoms with Crippen LogP contribution in [0.25, 0.3) is 72.0 Å². The summed E-state index contributed by atoms with van der Waals surface area (Å²) >= 11 is 0. The lowest BCUT2D eigenvalue weighted by molar-refractivity contribution is 0.660. The summed E-state index contributed by atoms with van der Waals surface area (Å²) in [6.07, 6.45) is 0. The van der Waals surface area contributed by atoms with Crippen LogP contribution in [0.1, 0.15) is 48.6 Å². The highest BCUT2D eigenvalue weighted by Gasteiger charge is 2.41. The van der Waals surface area contributed by atoms with Gasteiger partial charge in [-0.05, 0) is 117 Å². The number of hydrogen-bond acceptors (Lipinski definition) is 1. The molecule has 1 aromatic heterocycles. The molecule has 0 saturated carbocycles. The Balaban J connectivity index is 1.01. The zero-order chi connectivity index (χ0) is 44.9. The van der Waals surface area contributed by atoms with E-state index in [1.807, 2.05) is 0 Å². The lowest BCUT2D eigenvalue weighted by Gasteiger charge is -2.31. The Morgan fingerprint density at radius 1 is 0.358 bits per heavy atom. The van der Waals surface area contributed by atoms with Gasteiger partial charge in [-0.1, -0.05) is 202 Å². The van der Waals surface area contributed by atoms with Crippen molar-refractivity contribution in [2.45, 2.75) is 31.6 Å². The summed E-state index contributed by atoms with van der Waals surface area (Å²) < 4.78 is 2.43. The number of anilines is 3. The van der Waals surface area contributed by atoms with Crippen LogP contribution in [0.15, 0.2) is 237 Å². The molecule has 13 rings (SSSR count). The molecule has 0 radical (unpaired) electrons. The molecule has 0 N–H and O–H groups in total. The van der Waals surface area contributed by atoms with Crippen LogP contribution in [0.5, 0.6) is 0 Å². The summed E-state index contributed by atoms with van der Waals surface area (Å²) in [5.74, 6) is 0. The molecule has 2 nitrogen and oxygen atoms in total. The van der Waals surface area contributed by atoms with Crippen molar-refractivity contribution in [2.75, 3.05) is 4.90 Å². The second-order valence-electron chi connectivity index (χ2n) is 19.0. The summed E-state index contributed by atoms with van der Waals surface area (Å²) in [6.45, 7) is 7.13. The predicted octanol–water partition coefficient (Wildman–Crippen LogP) is 17.2. The molecule has 11 aromatic rings. The molecule has 318 valence electrons. The highest BCUT2D eigenvalue weighted by Crippen LogP contribution is 2.56. The SMILES string of the molecule is CC1(C)c2ccccc2-c2c(-c3ccccc3N(c3ccc(-c4ccccc4-n4c5ccccc5c5ccccc54)cc3)c3ccc4c(c3)-c3ccccc3C4(C)c3ccccc3)cccc21. The lowest BCUT2D eigenvalue weighted by atomic mass is 9.74. The van der Waals surface area contributed by atoms with Gasteiger partial charge in [0.15, 0.2) is 0 Å². The van der Waals surface area contributed by atoms with Crippen molar-refractivity contribution in [3.63, 3.8) is 0 Å². The first-order valence-electron chi connectivity index (χ1n) is 23.5. The number of para-hydroxylation sites is 4. The molecule has 0 amide bonds. The van der Waals surface area contributed by atoms with Gasteiger partial charge in [-0.2, -0.15) is 0 Å². The largest absolute Gasteiger partial charge is 0.310 e. The highest BCUT2D eigenvalue weighted by molar-refractivity contribution is 6.10.